The van der Waals surface area contributed by atoms with E-state index < -0.39 is 18.1 Å². The topological polar surface area (TPSA) is 92.4 Å². The summed E-state index contributed by atoms with van der Waals surface area (Å²) in [6.45, 7) is 7.79. The molecule has 0 radical (unpaired) electrons. The molecule has 4 N–H and O–H groups in total. The monoisotopic (exact) mass is 348 g/mol. The number of Topliss-reactive ketones (excluding diaryl/α,β-unsaturated/α-hetero) is 1. The van der Waals surface area contributed by atoms with Gasteiger partial charge in [-0.2, -0.15) is 0 Å². The van der Waals surface area contributed by atoms with Gasteiger partial charge in [0.2, 0.25) is 5.91 Å². The molecule has 1 aromatic carbocycles. The number of carbonyl (C=O) groups excluding carboxylic acids is 2. The smallest absolute Gasteiger partial charge is 0.223 e. The first-order chi connectivity index (χ1) is 11.7. The molecule has 0 bridgehead atoms. The lowest BCUT2D eigenvalue weighted by Gasteiger charge is -2.23. The number of benzene rings is 1. The third kappa shape index (κ3) is 7.80. The molecule has 25 heavy (non-hydrogen) atoms. The third-order valence-corrected chi connectivity index (χ3v) is 4.05. The highest BCUT2D eigenvalue weighted by atomic mass is 16.3. The van der Waals surface area contributed by atoms with Crippen LogP contribution in [0.1, 0.15) is 46.1 Å². The minimum atomic E-state index is -1.26. The second-order valence-corrected chi connectivity index (χ2v) is 7.46. The minimum Gasteiger partial charge on any atom is -0.384 e. The van der Waals surface area contributed by atoms with Crippen molar-refractivity contribution in [3.63, 3.8) is 0 Å². The summed E-state index contributed by atoms with van der Waals surface area (Å²) in [4.78, 5) is 24.8. The molecule has 0 fully saturated rings. The first kappa shape index (κ1) is 21.3. The molecule has 140 valence electrons. The predicted octanol–water partition coefficient (Wildman–Crippen LogP) is 2.06. The second-order valence-electron chi connectivity index (χ2n) is 7.46. The first-order valence-corrected chi connectivity index (χ1v) is 9.01. The number of hydrogen-bond acceptors (Lipinski definition) is 4. The van der Waals surface area contributed by atoms with Crippen LogP contribution in [0, 0.1) is 11.8 Å². The zero-order valence-electron chi connectivity index (χ0n) is 15.7. The van der Waals surface area contributed by atoms with E-state index in [4.69, 9.17) is 5.73 Å². The van der Waals surface area contributed by atoms with Gasteiger partial charge >= 0.3 is 0 Å². The number of aliphatic hydroxyl groups is 1. The van der Waals surface area contributed by atoms with Crippen molar-refractivity contribution in [2.24, 2.45) is 17.6 Å². The van der Waals surface area contributed by atoms with E-state index in [-0.39, 0.29) is 30.1 Å². The molecule has 0 heterocycles. The van der Waals surface area contributed by atoms with E-state index in [2.05, 4.69) is 5.32 Å². The highest BCUT2D eigenvalue weighted by Crippen LogP contribution is 2.18. The normalized spacial score (nSPS) is 15.0. The van der Waals surface area contributed by atoms with Crippen LogP contribution in [0.3, 0.4) is 0 Å². The molecule has 0 aliphatic heterocycles. The largest absolute Gasteiger partial charge is 0.384 e. The standard InChI is InChI=1S/C20H32N2O3/c1-13(2)10-16(20(25)22-14(3)4)12-18(23)19(24)17(21)11-15-8-6-5-7-9-15/h5-9,13-14,16-17,19,24H,10-12,21H2,1-4H3,(H,22,25). The Hall–Kier alpha value is -1.72. The number of carbonyl (C=O) groups is 2. The van der Waals surface area contributed by atoms with E-state index in [0.717, 1.165) is 5.56 Å². The van der Waals surface area contributed by atoms with Gasteiger partial charge in [-0.1, -0.05) is 44.2 Å². The second kappa shape index (κ2) is 10.3. The minimum absolute atomic E-state index is 0.0143. The third-order valence-electron chi connectivity index (χ3n) is 4.05. The van der Waals surface area contributed by atoms with Gasteiger partial charge < -0.3 is 16.2 Å². The number of nitrogens with one attached hydrogen (secondary N) is 1. The first-order valence-electron chi connectivity index (χ1n) is 9.01. The van der Waals surface area contributed by atoms with E-state index in [1.165, 1.54) is 0 Å². The highest BCUT2D eigenvalue weighted by molar-refractivity contribution is 5.89. The SMILES string of the molecule is CC(C)CC(CC(=O)C(O)C(N)Cc1ccccc1)C(=O)NC(C)C. The number of rotatable bonds is 10. The summed E-state index contributed by atoms with van der Waals surface area (Å²) in [6, 6.07) is 8.85. The zero-order chi connectivity index (χ0) is 19.0. The van der Waals surface area contributed by atoms with E-state index in [1.807, 2.05) is 58.0 Å². The Balaban J connectivity index is 2.68. The van der Waals surface area contributed by atoms with Crippen LogP contribution >= 0.6 is 0 Å². The summed E-state index contributed by atoms with van der Waals surface area (Å²) >= 11 is 0. The van der Waals surface area contributed by atoms with E-state index >= 15 is 0 Å². The van der Waals surface area contributed by atoms with Crippen LogP contribution in [0.5, 0.6) is 0 Å². The van der Waals surface area contributed by atoms with Gasteiger partial charge in [0.1, 0.15) is 6.10 Å². The van der Waals surface area contributed by atoms with Crippen LogP contribution in [0.15, 0.2) is 30.3 Å². The van der Waals surface area contributed by atoms with E-state index in [0.29, 0.717) is 12.8 Å². The summed E-state index contributed by atoms with van der Waals surface area (Å²) in [5, 5.41) is 13.1. The van der Waals surface area contributed by atoms with Gasteiger partial charge in [-0.25, -0.2) is 0 Å². The lowest BCUT2D eigenvalue weighted by atomic mass is 9.88. The van der Waals surface area contributed by atoms with Crippen molar-refractivity contribution >= 4 is 11.7 Å². The van der Waals surface area contributed by atoms with Crippen molar-refractivity contribution in [3.05, 3.63) is 35.9 Å². The molecule has 0 aliphatic carbocycles. The molecule has 0 aliphatic rings. The molecular weight excluding hydrogens is 316 g/mol. The summed E-state index contributed by atoms with van der Waals surface area (Å²) in [5.74, 6) is -0.659. The van der Waals surface area contributed by atoms with Gasteiger partial charge in [0, 0.05) is 24.4 Å². The van der Waals surface area contributed by atoms with Gasteiger partial charge in [0.05, 0.1) is 0 Å². The molecule has 0 saturated carbocycles. The Morgan fingerprint density at radius 1 is 1.12 bits per heavy atom. The molecule has 1 amide bonds. The van der Waals surface area contributed by atoms with Crippen LogP contribution < -0.4 is 11.1 Å². The lowest BCUT2D eigenvalue weighted by Crippen LogP contribution is -2.44. The van der Waals surface area contributed by atoms with Crippen molar-refractivity contribution in [1.82, 2.24) is 5.32 Å². The fraction of sp³-hybridized carbons (Fsp3) is 0.600. The Bertz CT molecular complexity index is 543. The molecule has 1 aromatic rings. The maximum Gasteiger partial charge on any atom is 0.223 e. The summed E-state index contributed by atoms with van der Waals surface area (Å²) in [7, 11) is 0. The van der Waals surface area contributed by atoms with Crippen LogP contribution in [0.2, 0.25) is 0 Å². The van der Waals surface area contributed by atoms with Gasteiger partial charge in [-0.05, 0) is 38.2 Å². The van der Waals surface area contributed by atoms with Gasteiger partial charge in [-0.15, -0.1) is 0 Å². The number of amides is 1. The Kier molecular flexibility index (Phi) is 8.79. The van der Waals surface area contributed by atoms with Crippen molar-refractivity contribution in [2.45, 2.75) is 65.1 Å². The molecule has 5 nitrogen and oxygen atoms in total. The van der Waals surface area contributed by atoms with Crippen molar-refractivity contribution in [3.8, 4) is 0 Å². The molecule has 3 unspecified atom stereocenters. The van der Waals surface area contributed by atoms with Crippen molar-refractivity contribution in [2.75, 3.05) is 0 Å². The van der Waals surface area contributed by atoms with Crippen LogP contribution in [0.4, 0.5) is 0 Å². The number of aliphatic hydroxyl groups excluding tert-OH is 1. The van der Waals surface area contributed by atoms with Crippen molar-refractivity contribution in [1.29, 1.82) is 0 Å². The molecule has 0 saturated heterocycles. The Morgan fingerprint density at radius 2 is 1.72 bits per heavy atom. The summed E-state index contributed by atoms with van der Waals surface area (Å²) in [6.07, 6.45) is -0.228. The quantitative estimate of drug-likeness (QED) is 0.603. The van der Waals surface area contributed by atoms with E-state index in [9.17, 15) is 14.7 Å². The zero-order valence-corrected chi connectivity index (χ0v) is 15.7. The van der Waals surface area contributed by atoms with Gasteiger partial charge in [0.15, 0.2) is 5.78 Å². The molecule has 3 atom stereocenters. The molecule has 0 aromatic heterocycles. The fourth-order valence-electron chi connectivity index (χ4n) is 2.85. The average molecular weight is 348 g/mol. The average Bonchev–Trinajstić information content (AvgIpc) is 2.53. The Morgan fingerprint density at radius 3 is 2.24 bits per heavy atom. The number of hydrogen-bond donors (Lipinski definition) is 3. The van der Waals surface area contributed by atoms with Crippen LogP contribution in [-0.4, -0.2) is 35.0 Å². The van der Waals surface area contributed by atoms with Crippen LogP contribution in [-0.2, 0) is 16.0 Å². The molecule has 0 spiro atoms. The summed E-state index contributed by atoms with van der Waals surface area (Å²) < 4.78 is 0. The Labute approximate surface area is 151 Å². The maximum absolute atomic E-state index is 12.4. The van der Waals surface area contributed by atoms with Crippen LogP contribution in [0.25, 0.3) is 0 Å². The maximum atomic E-state index is 12.4. The number of nitrogens with two attached hydrogens (primary N) is 1. The molecule has 5 heteroatoms. The molecular formula is C20H32N2O3. The highest BCUT2D eigenvalue weighted by Gasteiger charge is 2.29. The van der Waals surface area contributed by atoms with E-state index in [1.54, 1.807) is 0 Å². The van der Waals surface area contributed by atoms with Gasteiger partial charge in [0.25, 0.3) is 0 Å². The van der Waals surface area contributed by atoms with Crippen molar-refractivity contribution < 1.29 is 14.7 Å². The van der Waals surface area contributed by atoms with Gasteiger partial charge in [-0.3, -0.25) is 9.59 Å². The summed E-state index contributed by atoms with van der Waals surface area (Å²) in [5.41, 5.74) is 6.98. The fourth-order valence-corrected chi connectivity index (χ4v) is 2.85. The molecule has 1 rings (SSSR count). The lowest BCUT2D eigenvalue weighted by molar-refractivity contribution is -0.134. The predicted molar refractivity (Wildman–Crippen MR) is 100.0 cm³/mol. The number of ketones is 1.